The summed E-state index contributed by atoms with van der Waals surface area (Å²) < 4.78 is 10.5. The van der Waals surface area contributed by atoms with Crippen molar-refractivity contribution in [3.63, 3.8) is 0 Å². The van der Waals surface area contributed by atoms with E-state index in [1.165, 1.54) is 12.8 Å². The van der Waals surface area contributed by atoms with Gasteiger partial charge in [0, 0.05) is 20.1 Å². The van der Waals surface area contributed by atoms with E-state index in [1.54, 1.807) is 7.11 Å². The zero-order chi connectivity index (χ0) is 17.2. The number of piperidine rings is 1. The molecule has 1 aliphatic rings. The van der Waals surface area contributed by atoms with E-state index < -0.39 is 0 Å². The Balaban J connectivity index is 0.00000312. The molecule has 1 aromatic rings. The molecular weight excluding hydrogens is 340 g/mol. The second-order valence-corrected chi connectivity index (χ2v) is 6.55. The number of rotatable bonds is 9. The minimum atomic E-state index is 0. The molecule has 1 saturated heterocycles. The summed E-state index contributed by atoms with van der Waals surface area (Å²) in [6, 6.07) is 7.81. The van der Waals surface area contributed by atoms with Crippen molar-refractivity contribution in [2.24, 2.45) is 11.8 Å². The first-order chi connectivity index (χ1) is 11.7. The highest BCUT2D eigenvalue weighted by Gasteiger charge is 2.21. The lowest BCUT2D eigenvalue weighted by molar-refractivity contribution is -0.122. The van der Waals surface area contributed by atoms with E-state index in [4.69, 9.17) is 9.47 Å². The van der Waals surface area contributed by atoms with E-state index in [2.05, 4.69) is 17.6 Å². The molecule has 1 heterocycles. The first-order valence-electron chi connectivity index (χ1n) is 8.87. The third kappa shape index (κ3) is 8.08. The number of halogens is 1. The van der Waals surface area contributed by atoms with Gasteiger partial charge in [-0.25, -0.2) is 0 Å². The molecule has 0 saturated carbocycles. The van der Waals surface area contributed by atoms with E-state index in [9.17, 15) is 4.79 Å². The Labute approximate surface area is 157 Å². The van der Waals surface area contributed by atoms with Crippen LogP contribution in [0.2, 0.25) is 0 Å². The molecule has 2 rings (SSSR count). The quantitative estimate of drug-likeness (QED) is 0.656. The summed E-state index contributed by atoms with van der Waals surface area (Å²) in [4.78, 5) is 12.1. The Morgan fingerprint density at radius 3 is 2.72 bits per heavy atom. The summed E-state index contributed by atoms with van der Waals surface area (Å²) in [6.45, 7) is 6.02. The molecule has 2 N–H and O–H groups in total. The third-order valence-corrected chi connectivity index (χ3v) is 4.62. The van der Waals surface area contributed by atoms with Gasteiger partial charge in [0.2, 0.25) is 5.91 Å². The summed E-state index contributed by atoms with van der Waals surface area (Å²) in [5, 5.41) is 6.44. The van der Waals surface area contributed by atoms with Gasteiger partial charge >= 0.3 is 0 Å². The smallest absolute Gasteiger partial charge is 0.220 e. The number of amides is 1. The van der Waals surface area contributed by atoms with Gasteiger partial charge in [-0.15, -0.1) is 12.4 Å². The molecule has 0 aliphatic carbocycles. The van der Waals surface area contributed by atoms with Crippen molar-refractivity contribution in [2.75, 3.05) is 33.4 Å². The zero-order valence-corrected chi connectivity index (χ0v) is 16.1. The largest absolute Gasteiger partial charge is 0.491 e. The Hall–Kier alpha value is -1.30. The molecule has 6 heteroatoms. The van der Waals surface area contributed by atoms with E-state index in [1.807, 2.05) is 24.3 Å². The molecule has 0 bridgehead atoms. The lowest BCUT2D eigenvalue weighted by Crippen LogP contribution is -2.35. The van der Waals surface area contributed by atoms with Crippen LogP contribution in [0, 0.1) is 11.8 Å². The van der Waals surface area contributed by atoms with Crippen LogP contribution in [0.1, 0.15) is 31.7 Å². The number of hydrogen-bond acceptors (Lipinski definition) is 4. The SMILES string of the molecule is COCCOc1ccc(CNC(=O)CC(C)C2CCCNC2)cc1.Cl. The van der Waals surface area contributed by atoms with Gasteiger partial charge in [0.05, 0.1) is 6.61 Å². The molecule has 0 spiro atoms. The molecule has 142 valence electrons. The van der Waals surface area contributed by atoms with Crippen LogP contribution in [0.15, 0.2) is 24.3 Å². The zero-order valence-electron chi connectivity index (χ0n) is 15.3. The second kappa shape index (κ2) is 12.1. The molecule has 1 aliphatic heterocycles. The first kappa shape index (κ1) is 21.7. The fraction of sp³-hybridized carbons (Fsp3) is 0.632. The number of benzene rings is 1. The predicted molar refractivity (Wildman–Crippen MR) is 102 cm³/mol. The van der Waals surface area contributed by atoms with Crippen LogP contribution in [0.4, 0.5) is 0 Å². The van der Waals surface area contributed by atoms with E-state index in [0.717, 1.165) is 24.4 Å². The van der Waals surface area contributed by atoms with Crippen molar-refractivity contribution in [3.05, 3.63) is 29.8 Å². The van der Waals surface area contributed by atoms with Crippen LogP contribution in [0.3, 0.4) is 0 Å². The van der Waals surface area contributed by atoms with Gasteiger partial charge in [0.1, 0.15) is 12.4 Å². The van der Waals surface area contributed by atoms with Crippen molar-refractivity contribution < 1.29 is 14.3 Å². The maximum absolute atomic E-state index is 12.1. The molecule has 0 radical (unpaired) electrons. The highest BCUT2D eigenvalue weighted by molar-refractivity contribution is 5.85. The average Bonchev–Trinajstić information content (AvgIpc) is 2.62. The van der Waals surface area contributed by atoms with Gasteiger partial charge < -0.3 is 20.1 Å². The molecule has 1 aromatic carbocycles. The van der Waals surface area contributed by atoms with E-state index in [0.29, 0.717) is 38.0 Å². The number of carbonyl (C=O) groups excluding carboxylic acids is 1. The summed E-state index contributed by atoms with van der Waals surface area (Å²) in [5.74, 6) is 2.00. The van der Waals surface area contributed by atoms with Crippen molar-refractivity contribution in [2.45, 2.75) is 32.7 Å². The standard InChI is InChI=1S/C19H30N2O3.ClH/c1-15(17-4-3-9-20-14-17)12-19(22)21-13-16-5-7-18(8-6-16)24-11-10-23-2;/h5-8,15,17,20H,3-4,9-14H2,1-2H3,(H,21,22);1H. The highest BCUT2D eigenvalue weighted by Crippen LogP contribution is 2.22. The van der Waals surface area contributed by atoms with Gasteiger partial charge in [-0.05, 0) is 55.5 Å². The van der Waals surface area contributed by atoms with Crippen LogP contribution in [0.5, 0.6) is 5.75 Å². The van der Waals surface area contributed by atoms with Gasteiger partial charge in [-0.3, -0.25) is 4.79 Å². The second-order valence-electron chi connectivity index (χ2n) is 6.55. The molecule has 5 nitrogen and oxygen atoms in total. The van der Waals surface area contributed by atoms with Gasteiger partial charge in [-0.1, -0.05) is 19.1 Å². The van der Waals surface area contributed by atoms with Crippen LogP contribution in [-0.4, -0.2) is 39.3 Å². The Bertz CT molecular complexity index is 490. The number of ether oxygens (including phenoxy) is 2. The normalized spacial score (nSPS) is 18.1. The molecule has 1 fully saturated rings. The predicted octanol–water partition coefficient (Wildman–Crippen LogP) is 2.78. The van der Waals surface area contributed by atoms with Crippen molar-refractivity contribution in [1.82, 2.24) is 10.6 Å². The molecule has 2 unspecified atom stereocenters. The van der Waals surface area contributed by atoms with E-state index >= 15 is 0 Å². The average molecular weight is 371 g/mol. The fourth-order valence-electron chi connectivity index (χ4n) is 3.04. The topological polar surface area (TPSA) is 59.6 Å². The molecule has 0 aromatic heterocycles. The summed E-state index contributed by atoms with van der Waals surface area (Å²) in [6.07, 6.45) is 3.05. The first-order valence-corrected chi connectivity index (χ1v) is 8.87. The maximum Gasteiger partial charge on any atom is 0.220 e. The van der Waals surface area contributed by atoms with Crippen LogP contribution >= 0.6 is 12.4 Å². The maximum atomic E-state index is 12.1. The number of methoxy groups -OCH3 is 1. The number of hydrogen-bond donors (Lipinski definition) is 2. The van der Waals surface area contributed by atoms with Gasteiger partial charge in [-0.2, -0.15) is 0 Å². The minimum absolute atomic E-state index is 0. The van der Waals surface area contributed by atoms with Crippen molar-refractivity contribution >= 4 is 18.3 Å². The fourth-order valence-corrected chi connectivity index (χ4v) is 3.04. The van der Waals surface area contributed by atoms with Crippen molar-refractivity contribution in [3.8, 4) is 5.75 Å². The molecule has 1 amide bonds. The Morgan fingerprint density at radius 2 is 2.08 bits per heavy atom. The van der Waals surface area contributed by atoms with Gasteiger partial charge in [0.15, 0.2) is 0 Å². The Morgan fingerprint density at radius 1 is 1.32 bits per heavy atom. The van der Waals surface area contributed by atoms with Crippen molar-refractivity contribution in [1.29, 1.82) is 0 Å². The van der Waals surface area contributed by atoms with Crippen LogP contribution in [0.25, 0.3) is 0 Å². The lowest BCUT2D eigenvalue weighted by Gasteiger charge is -2.28. The van der Waals surface area contributed by atoms with E-state index in [-0.39, 0.29) is 18.3 Å². The highest BCUT2D eigenvalue weighted by atomic mass is 35.5. The monoisotopic (exact) mass is 370 g/mol. The third-order valence-electron chi connectivity index (χ3n) is 4.62. The van der Waals surface area contributed by atoms with Crippen LogP contribution in [-0.2, 0) is 16.1 Å². The summed E-state index contributed by atoms with van der Waals surface area (Å²) in [5.41, 5.74) is 1.08. The van der Waals surface area contributed by atoms with Crippen LogP contribution < -0.4 is 15.4 Å². The summed E-state index contributed by atoms with van der Waals surface area (Å²) >= 11 is 0. The lowest BCUT2D eigenvalue weighted by atomic mass is 9.85. The Kier molecular flexibility index (Phi) is 10.5. The number of nitrogens with one attached hydrogen (secondary N) is 2. The molecular formula is C19H31ClN2O3. The molecule has 25 heavy (non-hydrogen) atoms. The minimum Gasteiger partial charge on any atom is -0.491 e. The summed E-state index contributed by atoms with van der Waals surface area (Å²) in [7, 11) is 1.65. The molecule has 2 atom stereocenters. The number of carbonyl (C=O) groups is 1. The van der Waals surface area contributed by atoms with Gasteiger partial charge in [0.25, 0.3) is 0 Å².